The molecule has 1 atom stereocenters. The Balaban J connectivity index is 1.82. The Kier molecular flexibility index (Phi) is 4.43. The lowest BCUT2D eigenvalue weighted by Gasteiger charge is -2.32. The van der Waals surface area contributed by atoms with Gasteiger partial charge in [-0.3, -0.25) is 0 Å². The molecule has 19 heavy (non-hydrogen) atoms. The van der Waals surface area contributed by atoms with Gasteiger partial charge >= 0.3 is 7.12 Å². The first-order valence-corrected chi connectivity index (χ1v) is 7.56. The van der Waals surface area contributed by atoms with E-state index in [2.05, 4.69) is 51.6 Å². The highest BCUT2D eigenvalue weighted by molar-refractivity contribution is 6.51. The van der Waals surface area contributed by atoms with E-state index >= 15 is 0 Å². The molecule has 0 amide bonds. The van der Waals surface area contributed by atoms with Crippen molar-refractivity contribution in [3.8, 4) is 0 Å². The molecule has 0 N–H and O–H groups in total. The maximum Gasteiger partial charge on any atom is 0.486 e. The molecule has 0 aromatic heterocycles. The van der Waals surface area contributed by atoms with Crippen LogP contribution in [0.5, 0.6) is 0 Å². The van der Waals surface area contributed by atoms with E-state index in [9.17, 15) is 0 Å². The maximum absolute atomic E-state index is 5.96. The molecule has 2 heterocycles. The monoisotopic (exact) mass is 265 g/mol. The number of likely N-dealkylation sites (tertiary alicyclic amines) is 1. The van der Waals surface area contributed by atoms with Crippen molar-refractivity contribution in [3.05, 3.63) is 12.1 Å². The Morgan fingerprint density at radius 3 is 2.16 bits per heavy atom. The van der Waals surface area contributed by atoms with Crippen LogP contribution < -0.4 is 0 Å². The van der Waals surface area contributed by atoms with Crippen LogP contribution >= 0.6 is 0 Å². The number of hydrogen-bond acceptors (Lipinski definition) is 3. The number of hydrogen-bond donors (Lipinski definition) is 0. The fourth-order valence-electron chi connectivity index (χ4n) is 2.68. The third-order valence-corrected chi connectivity index (χ3v) is 4.61. The summed E-state index contributed by atoms with van der Waals surface area (Å²) in [6.45, 7) is 14.3. The molecule has 0 aromatic rings. The Bertz CT molecular complexity index is 319. The first kappa shape index (κ1) is 15.1. The molecular weight excluding hydrogens is 237 g/mol. The highest BCUT2D eigenvalue weighted by atomic mass is 16.7. The van der Waals surface area contributed by atoms with E-state index in [1.807, 2.05) is 0 Å². The summed E-state index contributed by atoms with van der Waals surface area (Å²) < 4.78 is 11.9. The summed E-state index contributed by atoms with van der Waals surface area (Å²) in [5.74, 6) is 2.63. The average Bonchev–Trinajstić information content (AvgIpc) is 2.83. The fourth-order valence-corrected chi connectivity index (χ4v) is 2.68. The Morgan fingerprint density at radius 2 is 1.63 bits per heavy atom. The second-order valence-electron chi connectivity index (χ2n) is 6.99. The molecule has 0 radical (unpaired) electrons. The normalized spacial score (nSPS) is 28.4. The topological polar surface area (TPSA) is 21.7 Å². The van der Waals surface area contributed by atoms with Crippen LogP contribution in [-0.2, 0) is 9.31 Å². The quantitative estimate of drug-likeness (QED) is 0.729. The Hall–Kier alpha value is -0.315. The van der Waals surface area contributed by atoms with Gasteiger partial charge in [0.05, 0.1) is 11.2 Å². The summed E-state index contributed by atoms with van der Waals surface area (Å²) in [7, 11) is -0.203. The predicted molar refractivity (Wildman–Crippen MR) is 80.1 cm³/mol. The number of nitrogens with zero attached hydrogens (tertiary/aromatic N) is 1. The smallest absolute Gasteiger partial charge is 0.400 e. The van der Waals surface area contributed by atoms with E-state index in [-0.39, 0.29) is 18.3 Å². The molecule has 108 valence electrons. The van der Waals surface area contributed by atoms with Crippen molar-refractivity contribution in [3.63, 3.8) is 0 Å². The van der Waals surface area contributed by atoms with Crippen LogP contribution in [0.15, 0.2) is 12.1 Å². The summed E-state index contributed by atoms with van der Waals surface area (Å²) in [5, 5.41) is 0. The van der Waals surface area contributed by atoms with Crippen LogP contribution in [0.3, 0.4) is 0 Å². The molecular formula is C15H28BNO2. The van der Waals surface area contributed by atoms with E-state index in [0.717, 1.165) is 6.54 Å². The first-order chi connectivity index (χ1) is 8.80. The summed E-state index contributed by atoms with van der Waals surface area (Å²) in [6.07, 6.45) is 4.95. The second-order valence-corrected chi connectivity index (χ2v) is 6.99. The van der Waals surface area contributed by atoms with Crippen molar-refractivity contribution in [2.75, 3.05) is 19.6 Å². The van der Waals surface area contributed by atoms with Crippen LogP contribution in [-0.4, -0.2) is 42.9 Å². The van der Waals surface area contributed by atoms with Gasteiger partial charge in [-0.2, -0.15) is 0 Å². The van der Waals surface area contributed by atoms with E-state index in [0.29, 0.717) is 5.92 Å². The minimum atomic E-state index is -0.236. The van der Waals surface area contributed by atoms with Gasteiger partial charge in [0, 0.05) is 6.54 Å². The Labute approximate surface area is 118 Å². The van der Waals surface area contributed by atoms with Crippen LogP contribution in [0.2, 0.25) is 0 Å². The second kappa shape index (κ2) is 5.59. The molecule has 2 fully saturated rings. The van der Waals surface area contributed by atoms with Gasteiger partial charge in [-0.15, -0.1) is 0 Å². The standard InChI is InChI=1S/C15H28BNO2/c1-13(12-17-10-6-7-11-17)8-9-16-18-14(2,3)15(4,5)19-16/h8-9,13H,6-7,10-12H2,1-5H3. The van der Waals surface area contributed by atoms with Crippen molar-refractivity contribution in [2.45, 2.75) is 58.7 Å². The van der Waals surface area contributed by atoms with Crippen LogP contribution in [0.1, 0.15) is 47.5 Å². The lowest BCUT2D eigenvalue weighted by Crippen LogP contribution is -2.41. The van der Waals surface area contributed by atoms with Crippen molar-refractivity contribution < 1.29 is 9.31 Å². The van der Waals surface area contributed by atoms with Crippen LogP contribution in [0.25, 0.3) is 0 Å². The molecule has 2 saturated heterocycles. The highest BCUT2D eigenvalue weighted by Crippen LogP contribution is 2.36. The van der Waals surface area contributed by atoms with Gasteiger partial charge in [0.2, 0.25) is 0 Å². The zero-order valence-electron chi connectivity index (χ0n) is 13.1. The molecule has 2 aliphatic rings. The van der Waals surface area contributed by atoms with Crippen molar-refractivity contribution >= 4 is 7.12 Å². The van der Waals surface area contributed by atoms with E-state index in [4.69, 9.17) is 9.31 Å². The van der Waals surface area contributed by atoms with Gasteiger partial charge in [0.1, 0.15) is 0 Å². The van der Waals surface area contributed by atoms with E-state index in [1.54, 1.807) is 0 Å². The van der Waals surface area contributed by atoms with Crippen molar-refractivity contribution in [1.29, 1.82) is 0 Å². The van der Waals surface area contributed by atoms with Gasteiger partial charge in [-0.05, 0) is 59.5 Å². The zero-order chi connectivity index (χ0) is 14.1. The minimum absolute atomic E-state index is 0.203. The van der Waals surface area contributed by atoms with Crippen LogP contribution in [0.4, 0.5) is 0 Å². The maximum atomic E-state index is 5.96. The lowest BCUT2D eigenvalue weighted by molar-refractivity contribution is 0.00578. The molecule has 0 saturated carbocycles. The molecule has 2 aliphatic heterocycles. The summed E-state index contributed by atoms with van der Waals surface area (Å²) in [4.78, 5) is 2.54. The largest absolute Gasteiger partial charge is 0.486 e. The van der Waals surface area contributed by atoms with Gasteiger partial charge in [0.15, 0.2) is 0 Å². The van der Waals surface area contributed by atoms with Crippen molar-refractivity contribution in [2.24, 2.45) is 5.92 Å². The van der Waals surface area contributed by atoms with E-state index in [1.165, 1.54) is 25.9 Å². The van der Waals surface area contributed by atoms with Gasteiger partial charge in [0.25, 0.3) is 0 Å². The molecule has 3 nitrogen and oxygen atoms in total. The number of rotatable bonds is 4. The van der Waals surface area contributed by atoms with Gasteiger partial charge in [-0.1, -0.05) is 19.0 Å². The molecule has 2 rings (SSSR count). The zero-order valence-corrected chi connectivity index (χ0v) is 13.1. The van der Waals surface area contributed by atoms with Crippen molar-refractivity contribution in [1.82, 2.24) is 4.90 Å². The molecule has 0 aromatic carbocycles. The minimum Gasteiger partial charge on any atom is -0.400 e. The molecule has 1 unspecified atom stereocenters. The molecule has 4 heteroatoms. The third-order valence-electron chi connectivity index (χ3n) is 4.61. The van der Waals surface area contributed by atoms with E-state index < -0.39 is 0 Å². The van der Waals surface area contributed by atoms with Crippen LogP contribution in [0, 0.1) is 5.92 Å². The molecule has 0 spiro atoms. The SMILES string of the molecule is CC(C=CB1OC(C)(C)C(C)(C)O1)CN1CCCC1. The summed E-state index contributed by atoms with van der Waals surface area (Å²) >= 11 is 0. The average molecular weight is 265 g/mol. The fraction of sp³-hybridized carbons (Fsp3) is 0.867. The summed E-state index contributed by atoms with van der Waals surface area (Å²) in [5.41, 5.74) is -0.472. The molecule has 0 aliphatic carbocycles. The first-order valence-electron chi connectivity index (χ1n) is 7.56. The van der Waals surface area contributed by atoms with Gasteiger partial charge < -0.3 is 14.2 Å². The Morgan fingerprint density at radius 1 is 1.11 bits per heavy atom. The molecule has 0 bridgehead atoms. The summed E-state index contributed by atoms with van der Waals surface area (Å²) in [6, 6.07) is 0. The van der Waals surface area contributed by atoms with Gasteiger partial charge in [-0.25, -0.2) is 0 Å². The third kappa shape index (κ3) is 3.62. The highest BCUT2D eigenvalue weighted by Gasteiger charge is 2.49. The lowest BCUT2D eigenvalue weighted by atomic mass is 9.88. The predicted octanol–water partition coefficient (Wildman–Crippen LogP) is 2.91.